The highest BCUT2D eigenvalue weighted by Gasteiger charge is 2.29. The van der Waals surface area contributed by atoms with Gasteiger partial charge in [-0.15, -0.1) is 0 Å². The van der Waals surface area contributed by atoms with Gasteiger partial charge < -0.3 is 5.32 Å². The monoisotopic (exact) mass is 226 g/mol. The Morgan fingerprint density at radius 1 is 1.41 bits per heavy atom. The van der Waals surface area contributed by atoms with Crippen LogP contribution in [0.4, 0.5) is 0 Å². The molecule has 1 fully saturated rings. The first kappa shape index (κ1) is 10.7. The van der Waals surface area contributed by atoms with Crippen molar-refractivity contribution in [3.05, 3.63) is 42.2 Å². The first-order valence-electron chi connectivity index (χ1n) is 6.37. The molecule has 0 spiro atoms. The normalized spacial score (nSPS) is 27.4. The summed E-state index contributed by atoms with van der Waals surface area (Å²) in [5.74, 6) is 0.856. The molecule has 17 heavy (non-hydrogen) atoms. The maximum atomic E-state index is 4.28. The van der Waals surface area contributed by atoms with Gasteiger partial charge in [-0.1, -0.05) is 18.7 Å². The minimum absolute atomic E-state index is 0.683. The largest absolute Gasteiger partial charge is 0.313 e. The van der Waals surface area contributed by atoms with Gasteiger partial charge in [-0.05, 0) is 54.5 Å². The molecule has 1 aliphatic carbocycles. The topological polar surface area (TPSA) is 24.9 Å². The molecule has 1 aromatic rings. The van der Waals surface area contributed by atoms with Gasteiger partial charge in [0.05, 0.1) is 0 Å². The molecular formula is C15H18N2. The van der Waals surface area contributed by atoms with Crippen molar-refractivity contribution in [1.82, 2.24) is 10.3 Å². The zero-order chi connectivity index (χ0) is 11.7. The van der Waals surface area contributed by atoms with E-state index in [2.05, 4.69) is 29.0 Å². The number of allylic oxidation sites excluding steroid dienone is 1. The van der Waals surface area contributed by atoms with Gasteiger partial charge in [-0.25, -0.2) is 0 Å². The van der Waals surface area contributed by atoms with Crippen molar-refractivity contribution in [2.75, 3.05) is 6.54 Å². The lowest BCUT2D eigenvalue weighted by Crippen LogP contribution is -2.29. The molecule has 1 N–H and O–H groups in total. The number of hydrogen-bond donors (Lipinski definition) is 1. The lowest BCUT2D eigenvalue weighted by molar-refractivity contribution is 0.445. The van der Waals surface area contributed by atoms with Gasteiger partial charge in [-0.2, -0.15) is 0 Å². The van der Waals surface area contributed by atoms with Crippen molar-refractivity contribution in [2.45, 2.75) is 25.3 Å². The molecule has 1 saturated heterocycles. The van der Waals surface area contributed by atoms with E-state index in [0.29, 0.717) is 6.04 Å². The van der Waals surface area contributed by atoms with E-state index in [9.17, 15) is 0 Å². The summed E-state index contributed by atoms with van der Waals surface area (Å²) in [5, 5.41) is 3.61. The van der Waals surface area contributed by atoms with Crippen LogP contribution in [0.1, 0.15) is 30.4 Å². The quantitative estimate of drug-likeness (QED) is 0.838. The molecule has 0 aromatic carbocycles. The predicted molar refractivity (Wildman–Crippen MR) is 71.4 cm³/mol. The summed E-state index contributed by atoms with van der Waals surface area (Å²) in [7, 11) is 0. The van der Waals surface area contributed by atoms with Gasteiger partial charge in [0.2, 0.25) is 0 Å². The Morgan fingerprint density at radius 3 is 3.24 bits per heavy atom. The van der Waals surface area contributed by atoms with Crippen LogP contribution in [0.3, 0.4) is 0 Å². The number of rotatable bonds is 2. The number of hydrogen-bond acceptors (Lipinski definition) is 2. The van der Waals surface area contributed by atoms with Gasteiger partial charge >= 0.3 is 0 Å². The third-order valence-corrected chi connectivity index (χ3v) is 3.96. The summed E-state index contributed by atoms with van der Waals surface area (Å²) in [6.45, 7) is 4.98. The molecule has 0 bridgehead atoms. The van der Waals surface area contributed by atoms with Gasteiger partial charge in [-0.3, -0.25) is 4.98 Å². The number of nitrogens with one attached hydrogen (secondary N) is 1. The number of pyridine rings is 1. The molecule has 2 heteroatoms. The maximum Gasteiger partial charge on any atom is 0.0343 e. The minimum Gasteiger partial charge on any atom is -0.313 e. The first-order valence-corrected chi connectivity index (χ1v) is 6.37. The van der Waals surface area contributed by atoms with Crippen LogP contribution in [0.5, 0.6) is 0 Å². The van der Waals surface area contributed by atoms with E-state index >= 15 is 0 Å². The molecule has 1 aromatic heterocycles. The molecule has 0 saturated carbocycles. The van der Waals surface area contributed by atoms with Crippen LogP contribution in [-0.4, -0.2) is 17.6 Å². The Hall–Kier alpha value is -1.41. The van der Waals surface area contributed by atoms with Crippen molar-refractivity contribution in [3.63, 3.8) is 0 Å². The Bertz CT molecular complexity index is 462. The smallest absolute Gasteiger partial charge is 0.0343 e. The van der Waals surface area contributed by atoms with Gasteiger partial charge in [0.25, 0.3) is 0 Å². The molecule has 1 aliphatic heterocycles. The first-order chi connectivity index (χ1) is 8.36. The van der Waals surface area contributed by atoms with Crippen LogP contribution in [0.25, 0.3) is 11.6 Å². The standard InChI is InChI=1S/C15H18N2/c1-2-11-7-14(10-16-9-11)13-4-3-12-5-6-17-15(12)8-13/h2,4,7,9-10,12,15,17H,1,3,5-6,8H2/t12-,15-/m0/s1. The van der Waals surface area contributed by atoms with E-state index in [1.807, 2.05) is 18.5 Å². The summed E-state index contributed by atoms with van der Waals surface area (Å²) >= 11 is 0. The van der Waals surface area contributed by atoms with Crippen molar-refractivity contribution in [2.24, 2.45) is 5.92 Å². The minimum atomic E-state index is 0.683. The van der Waals surface area contributed by atoms with Crippen LogP contribution in [-0.2, 0) is 0 Å². The van der Waals surface area contributed by atoms with E-state index in [1.165, 1.54) is 30.5 Å². The van der Waals surface area contributed by atoms with E-state index in [0.717, 1.165) is 17.9 Å². The van der Waals surface area contributed by atoms with Crippen LogP contribution < -0.4 is 5.32 Å². The zero-order valence-electron chi connectivity index (χ0n) is 10.0. The molecule has 3 rings (SSSR count). The third-order valence-electron chi connectivity index (χ3n) is 3.96. The Morgan fingerprint density at radius 2 is 2.35 bits per heavy atom. The summed E-state index contributed by atoms with van der Waals surface area (Å²) in [6, 6.07) is 2.86. The average Bonchev–Trinajstić information content (AvgIpc) is 2.86. The molecule has 0 unspecified atom stereocenters. The van der Waals surface area contributed by atoms with E-state index in [4.69, 9.17) is 0 Å². The van der Waals surface area contributed by atoms with Crippen LogP contribution in [0.15, 0.2) is 31.1 Å². The van der Waals surface area contributed by atoms with Crippen molar-refractivity contribution < 1.29 is 0 Å². The zero-order valence-corrected chi connectivity index (χ0v) is 10.0. The predicted octanol–water partition coefficient (Wildman–Crippen LogP) is 2.88. The second-order valence-corrected chi connectivity index (χ2v) is 4.99. The second-order valence-electron chi connectivity index (χ2n) is 4.99. The highest BCUT2D eigenvalue weighted by Crippen LogP contribution is 2.34. The van der Waals surface area contributed by atoms with Crippen molar-refractivity contribution in [3.8, 4) is 0 Å². The Labute approximate surface area is 102 Å². The van der Waals surface area contributed by atoms with Crippen LogP contribution >= 0.6 is 0 Å². The number of fused-ring (bicyclic) bond motifs is 1. The third kappa shape index (κ3) is 2.05. The van der Waals surface area contributed by atoms with E-state index in [-0.39, 0.29) is 0 Å². The molecule has 0 radical (unpaired) electrons. The highest BCUT2D eigenvalue weighted by molar-refractivity contribution is 5.68. The molecule has 2 heterocycles. The fraction of sp³-hybridized carbons (Fsp3) is 0.400. The maximum absolute atomic E-state index is 4.28. The van der Waals surface area contributed by atoms with Crippen LogP contribution in [0, 0.1) is 5.92 Å². The Kier molecular flexibility index (Phi) is 2.81. The summed E-state index contributed by atoms with van der Waals surface area (Å²) < 4.78 is 0. The molecule has 0 amide bonds. The molecule has 88 valence electrons. The highest BCUT2D eigenvalue weighted by atomic mass is 15.0. The van der Waals surface area contributed by atoms with Crippen molar-refractivity contribution in [1.29, 1.82) is 0 Å². The van der Waals surface area contributed by atoms with Crippen molar-refractivity contribution >= 4 is 11.6 Å². The van der Waals surface area contributed by atoms with Gasteiger partial charge in [0, 0.05) is 18.4 Å². The number of nitrogens with zero attached hydrogens (tertiary/aromatic N) is 1. The molecule has 2 atom stereocenters. The summed E-state index contributed by atoms with van der Waals surface area (Å²) in [4.78, 5) is 4.28. The average molecular weight is 226 g/mol. The SMILES string of the molecule is C=Cc1cncc(C2=CC[C@H]3CCN[C@H]3C2)c1. The van der Waals surface area contributed by atoms with Gasteiger partial charge in [0.1, 0.15) is 0 Å². The van der Waals surface area contributed by atoms with Gasteiger partial charge in [0.15, 0.2) is 0 Å². The van der Waals surface area contributed by atoms with Crippen LogP contribution in [0.2, 0.25) is 0 Å². The lowest BCUT2D eigenvalue weighted by atomic mass is 9.83. The number of aromatic nitrogens is 1. The summed E-state index contributed by atoms with van der Waals surface area (Å²) in [6.07, 6.45) is 11.8. The van der Waals surface area contributed by atoms with E-state index < -0.39 is 0 Å². The Balaban J connectivity index is 1.86. The molecule has 2 aliphatic rings. The fourth-order valence-electron chi connectivity index (χ4n) is 2.94. The van der Waals surface area contributed by atoms with E-state index in [1.54, 1.807) is 0 Å². The molecular weight excluding hydrogens is 208 g/mol. The fourth-order valence-corrected chi connectivity index (χ4v) is 2.94. The second kappa shape index (κ2) is 4.46. The summed E-state index contributed by atoms with van der Waals surface area (Å²) in [5.41, 5.74) is 3.80. The lowest BCUT2D eigenvalue weighted by Gasteiger charge is -2.25. The molecule has 2 nitrogen and oxygen atoms in total.